The summed E-state index contributed by atoms with van der Waals surface area (Å²) in [5.74, 6) is -0.544. The zero-order valence-corrected chi connectivity index (χ0v) is 9.60. The average Bonchev–Trinajstić information content (AvgIpc) is 2.19. The summed E-state index contributed by atoms with van der Waals surface area (Å²) >= 11 is 3.11. The Hall–Kier alpha value is -1.70. The summed E-state index contributed by atoms with van der Waals surface area (Å²) in [7, 11) is 0. The van der Waals surface area contributed by atoms with E-state index in [1.54, 1.807) is 0 Å². The summed E-state index contributed by atoms with van der Waals surface area (Å²) in [5.41, 5.74) is -0.129. The summed E-state index contributed by atoms with van der Waals surface area (Å²) < 4.78 is 0.423. The molecule has 0 bridgehead atoms. The Morgan fingerprint density at radius 1 is 1.69 bits per heavy atom. The number of hydrogen-bond acceptors (Lipinski definition) is 5. The predicted octanol–water partition coefficient (Wildman–Crippen LogP) is 1.64. The van der Waals surface area contributed by atoms with Crippen molar-refractivity contribution in [1.82, 2.24) is 4.98 Å². The summed E-state index contributed by atoms with van der Waals surface area (Å²) in [6.07, 6.45) is 1.05. The lowest BCUT2D eigenvalue weighted by Crippen LogP contribution is -2.09. The van der Waals surface area contributed by atoms with Crippen molar-refractivity contribution in [3.63, 3.8) is 0 Å². The molecule has 0 aliphatic heterocycles. The fourth-order valence-electron chi connectivity index (χ4n) is 0.946. The van der Waals surface area contributed by atoms with Gasteiger partial charge in [0.25, 0.3) is 5.69 Å². The van der Waals surface area contributed by atoms with E-state index in [0.29, 0.717) is 10.3 Å². The first-order chi connectivity index (χ1) is 7.50. The Kier molecular flexibility index (Phi) is 4.18. The fraction of sp³-hybridized carbons (Fsp3) is 0.250. The van der Waals surface area contributed by atoms with Gasteiger partial charge in [0.15, 0.2) is 0 Å². The Morgan fingerprint density at radius 3 is 2.88 bits per heavy atom. The van der Waals surface area contributed by atoms with Crippen molar-refractivity contribution in [2.24, 2.45) is 0 Å². The van der Waals surface area contributed by atoms with Crippen LogP contribution in [0.5, 0.6) is 0 Å². The van der Waals surface area contributed by atoms with Gasteiger partial charge in [-0.2, -0.15) is 0 Å². The van der Waals surface area contributed by atoms with Gasteiger partial charge in [-0.1, -0.05) is 0 Å². The molecule has 1 rings (SSSR count). The topological polar surface area (TPSA) is 105 Å². The maximum atomic E-state index is 10.4. The molecule has 0 aliphatic carbocycles. The van der Waals surface area contributed by atoms with Crippen LogP contribution >= 0.6 is 15.9 Å². The number of halogens is 1. The maximum absolute atomic E-state index is 10.4. The SMILES string of the molecule is O=C(O)CCNc1ncc([N+](=O)[O-])cc1Br. The monoisotopic (exact) mass is 289 g/mol. The fourth-order valence-corrected chi connectivity index (χ4v) is 1.42. The minimum absolute atomic E-state index is 0.0505. The number of aliphatic carboxylic acids is 1. The first kappa shape index (κ1) is 12.4. The largest absolute Gasteiger partial charge is 0.481 e. The first-order valence-electron chi connectivity index (χ1n) is 4.26. The zero-order chi connectivity index (χ0) is 12.1. The van der Waals surface area contributed by atoms with Gasteiger partial charge in [-0.25, -0.2) is 4.98 Å². The van der Waals surface area contributed by atoms with Gasteiger partial charge < -0.3 is 10.4 Å². The van der Waals surface area contributed by atoms with E-state index < -0.39 is 10.9 Å². The molecule has 0 amide bonds. The van der Waals surface area contributed by atoms with Crippen LogP contribution in [0.4, 0.5) is 11.5 Å². The number of nitro groups is 1. The van der Waals surface area contributed by atoms with Crippen LogP contribution in [0.2, 0.25) is 0 Å². The van der Waals surface area contributed by atoms with Crippen LogP contribution in [0.15, 0.2) is 16.7 Å². The van der Waals surface area contributed by atoms with E-state index in [4.69, 9.17) is 5.11 Å². The summed E-state index contributed by atoms with van der Waals surface area (Å²) in [5, 5.41) is 21.6. The molecule has 2 N–H and O–H groups in total. The van der Waals surface area contributed by atoms with Crippen molar-refractivity contribution in [3.8, 4) is 0 Å². The van der Waals surface area contributed by atoms with Crippen molar-refractivity contribution in [2.75, 3.05) is 11.9 Å². The number of rotatable bonds is 5. The van der Waals surface area contributed by atoms with Crippen molar-refractivity contribution in [3.05, 3.63) is 26.9 Å². The van der Waals surface area contributed by atoms with Crippen LogP contribution in [-0.2, 0) is 4.79 Å². The van der Waals surface area contributed by atoms with E-state index in [1.165, 1.54) is 6.07 Å². The normalized spacial score (nSPS) is 9.81. The molecule has 86 valence electrons. The number of pyridine rings is 1. The van der Waals surface area contributed by atoms with E-state index in [2.05, 4.69) is 26.2 Å². The lowest BCUT2D eigenvalue weighted by Gasteiger charge is -2.05. The Balaban J connectivity index is 2.68. The number of aromatic nitrogens is 1. The second-order valence-corrected chi connectivity index (χ2v) is 3.71. The lowest BCUT2D eigenvalue weighted by molar-refractivity contribution is -0.385. The lowest BCUT2D eigenvalue weighted by atomic mass is 10.4. The smallest absolute Gasteiger partial charge is 0.305 e. The molecule has 16 heavy (non-hydrogen) atoms. The van der Waals surface area contributed by atoms with E-state index in [1.807, 2.05) is 0 Å². The van der Waals surface area contributed by atoms with Gasteiger partial charge in [0.1, 0.15) is 12.0 Å². The summed E-state index contributed by atoms with van der Waals surface area (Å²) in [6, 6.07) is 1.30. The molecule has 0 atom stereocenters. The van der Waals surface area contributed by atoms with E-state index in [-0.39, 0.29) is 18.7 Å². The number of anilines is 1. The van der Waals surface area contributed by atoms with Crippen molar-refractivity contribution in [1.29, 1.82) is 0 Å². The highest BCUT2D eigenvalue weighted by Gasteiger charge is 2.10. The van der Waals surface area contributed by atoms with Crippen LogP contribution in [0.3, 0.4) is 0 Å². The van der Waals surface area contributed by atoms with Crippen LogP contribution < -0.4 is 5.32 Å². The van der Waals surface area contributed by atoms with Gasteiger partial charge in [-0.15, -0.1) is 0 Å². The van der Waals surface area contributed by atoms with Crippen LogP contribution in [0.25, 0.3) is 0 Å². The van der Waals surface area contributed by atoms with E-state index in [9.17, 15) is 14.9 Å². The van der Waals surface area contributed by atoms with Gasteiger partial charge in [-0.05, 0) is 15.9 Å². The Bertz CT molecular complexity index is 424. The second-order valence-electron chi connectivity index (χ2n) is 2.85. The van der Waals surface area contributed by atoms with Crippen LogP contribution in [0, 0.1) is 10.1 Å². The molecule has 0 aliphatic rings. The molecule has 7 nitrogen and oxygen atoms in total. The van der Waals surface area contributed by atoms with E-state index in [0.717, 1.165) is 6.20 Å². The third-order valence-corrected chi connectivity index (χ3v) is 2.27. The number of nitrogens with zero attached hydrogens (tertiary/aromatic N) is 2. The second kappa shape index (κ2) is 5.40. The standard InChI is InChI=1S/C8H8BrN3O4/c9-6-3-5(12(15)16)4-11-8(6)10-2-1-7(13)14/h3-4H,1-2H2,(H,10,11)(H,13,14). The van der Waals surface area contributed by atoms with Gasteiger partial charge >= 0.3 is 5.97 Å². The number of nitrogens with one attached hydrogen (secondary N) is 1. The van der Waals surface area contributed by atoms with Gasteiger partial charge in [0, 0.05) is 12.6 Å². The van der Waals surface area contributed by atoms with Crippen LogP contribution in [0.1, 0.15) is 6.42 Å². The van der Waals surface area contributed by atoms with Crippen molar-refractivity contribution >= 4 is 33.4 Å². The molecule has 0 spiro atoms. The molecule has 0 aromatic carbocycles. The Morgan fingerprint density at radius 2 is 2.38 bits per heavy atom. The van der Waals surface area contributed by atoms with Gasteiger partial charge in [0.2, 0.25) is 0 Å². The first-order valence-corrected chi connectivity index (χ1v) is 5.05. The maximum Gasteiger partial charge on any atom is 0.305 e. The molecule has 0 saturated heterocycles. The molecule has 1 aromatic rings. The molecule has 0 fully saturated rings. The molecule has 0 saturated carbocycles. The molecule has 1 aromatic heterocycles. The van der Waals surface area contributed by atoms with Gasteiger partial charge in [0.05, 0.1) is 15.8 Å². The molecule has 1 heterocycles. The van der Waals surface area contributed by atoms with Crippen molar-refractivity contribution in [2.45, 2.75) is 6.42 Å². The highest BCUT2D eigenvalue weighted by atomic mass is 79.9. The summed E-state index contributed by atoms with van der Waals surface area (Å²) in [6.45, 7) is 0.207. The van der Waals surface area contributed by atoms with E-state index >= 15 is 0 Å². The average molecular weight is 290 g/mol. The summed E-state index contributed by atoms with van der Waals surface area (Å²) in [4.78, 5) is 23.9. The highest BCUT2D eigenvalue weighted by Crippen LogP contribution is 2.24. The van der Waals surface area contributed by atoms with Gasteiger partial charge in [-0.3, -0.25) is 14.9 Å². The number of hydrogen-bond donors (Lipinski definition) is 2. The molecule has 8 heteroatoms. The Labute approximate surface area is 98.8 Å². The number of carboxylic acid groups (broad SMARTS) is 1. The molecule has 0 unspecified atom stereocenters. The van der Waals surface area contributed by atoms with Crippen LogP contribution in [-0.4, -0.2) is 27.5 Å². The zero-order valence-electron chi connectivity index (χ0n) is 8.01. The number of carboxylic acids is 1. The number of carbonyl (C=O) groups is 1. The molecular weight excluding hydrogens is 282 g/mol. The third kappa shape index (κ3) is 3.46. The minimum Gasteiger partial charge on any atom is -0.481 e. The third-order valence-electron chi connectivity index (χ3n) is 1.67. The predicted molar refractivity (Wildman–Crippen MR) is 59.3 cm³/mol. The van der Waals surface area contributed by atoms with Crippen molar-refractivity contribution < 1.29 is 14.8 Å². The molecule has 0 radical (unpaired) electrons. The quantitative estimate of drug-likeness (QED) is 0.630. The highest BCUT2D eigenvalue weighted by molar-refractivity contribution is 9.10. The molecular formula is C8H8BrN3O4. The minimum atomic E-state index is -0.925.